The van der Waals surface area contributed by atoms with Gasteiger partial charge in [0.15, 0.2) is 0 Å². The van der Waals surface area contributed by atoms with E-state index < -0.39 is 5.97 Å². The lowest BCUT2D eigenvalue weighted by Crippen LogP contribution is -2.28. The maximum Gasteiger partial charge on any atom is 0.336 e. The maximum atomic E-state index is 12.3. The number of amides is 1. The third kappa shape index (κ3) is 5.76. The largest absolute Gasteiger partial charge is 0.493 e. The van der Waals surface area contributed by atoms with E-state index in [0.717, 1.165) is 17.0 Å². The van der Waals surface area contributed by atoms with Crippen LogP contribution in [0.25, 0.3) is 11.5 Å². The lowest BCUT2D eigenvalue weighted by Gasteiger charge is -2.22. The summed E-state index contributed by atoms with van der Waals surface area (Å²) >= 11 is 0. The Morgan fingerprint density at radius 2 is 1.66 bits per heavy atom. The molecule has 0 aliphatic rings. The average molecular weight is 471 g/mol. The number of anilines is 1. The van der Waals surface area contributed by atoms with Crippen LogP contribution in [0.1, 0.15) is 34.3 Å². The molecule has 4 aromatic rings. The van der Waals surface area contributed by atoms with Gasteiger partial charge in [0.25, 0.3) is 0 Å². The van der Waals surface area contributed by atoms with Crippen LogP contribution >= 0.6 is 0 Å². The summed E-state index contributed by atoms with van der Waals surface area (Å²) in [6.07, 6.45) is 0.593. The quantitative estimate of drug-likeness (QED) is 0.346. The second kappa shape index (κ2) is 10.7. The SMILES string of the molecule is CC(=O)N(Cc1ccccc1C(=O)O)c1ccc(OCCc2nc(-c3ccccc3)oc2C)cc1. The molecule has 0 spiro atoms. The van der Waals surface area contributed by atoms with Crippen LogP contribution in [0.4, 0.5) is 5.69 Å². The van der Waals surface area contributed by atoms with Crippen molar-refractivity contribution in [2.75, 3.05) is 11.5 Å². The first-order valence-electron chi connectivity index (χ1n) is 11.3. The van der Waals surface area contributed by atoms with Crippen molar-refractivity contribution in [3.05, 3.63) is 101 Å². The van der Waals surface area contributed by atoms with Crippen LogP contribution in [0.2, 0.25) is 0 Å². The fourth-order valence-corrected chi connectivity index (χ4v) is 3.77. The molecule has 0 radical (unpaired) electrons. The van der Waals surface area contributed by atoms with E-state index in [9.17, 15) is 14.7 Å². The molecule has 178 valence electrons. The summed E-state index contributed by atoms with van der Waals surface area (Å²) in [5.74, 6) is 0.811. The number of hydrogen-bond acceptors (Lipinski definition) is 5. The number of carbonyl (C=O) groups is 2. The van der Waals surface area contributed by atoms with Gasteiger partial charge in [-0.05, 0) is 55.0 Å². The highest BCUT2D eigenvalue weighted by Gasteiger charge is 2.17. The Balaban J connectivity index is 1.39. The topological polar surface area (TPSA) is 92.9 Å². The molecule has 1 heterocycles. The zero-order chi connectivity index (χ0) is 24.8. The van der Waals surface area contributed by atoms with Crippen molar-refractivity contribution >= 4 is 17.6 Å². The Morgan fingerprint density at radius 3 is 2.34 bits per heavy atom. The molecule has 7 heteroatoms. The second-order valence-electron chi connectivity index (χ2n) is 8.05. The number of hydrogen-bond donors (Lipinski definition) is 1. The minimum atomic E-state index is -1.02. The monoisotopic (exact) mass is 470 g/mol. The van der Waals surface area contributed by atoms with Gasteiger partial charge in [-0.1, -0.05) is 36.4 Å². The molecule has 1 aromatic heterocycles. The molecule has 0 aliphatic carbocycles. The zero-order valence-electron chi connectivity index (χ0n) is 19.6. The van der Waals surface area contributed by atoms with Crippen molar-refractivity contribution in [1.29, 1.82) is 0 Å². The fourth-order valence-electron chi connectivity index (χ4n) is 3.77. The standard InChI is InChI=1S/C28H26N2O5/c1-19-26(29-27(35-19)21-8-4-3-5-9-21)16-17-34-24-14-12-23(13-15-24)30(20(2)31)18-22-10-6-7-11-25(22)28(32)33/h3-15H,16-18H2,1-2H3,(H,32,33). The van der Waals surface area contributed by atoms with Crippen LogP contribution in [0, 0.1) is 6.92 Å². The summed E-state index contributed by atoms with van der Waals surface area (Å²) in [6, 6.07) is 23.6. The van der Waals surface area contributed by atoms with Gasteiger partial charge in [-0.2, -0.15) is 0 Å². The molecule has 0 aliphatic heterocycles. The van der Waals surface area contributed by atoms with Crippen LogP contribution < -0.4 is 9.64 Å². The van der Waals surface area contributed by atoms with Gasteiger partial charge < -0.3 is 19.2 Å². The van der Waals surface area contributed by atoms with E-state index in [0.29, 0.717) is 35.9 Å². The summed E-state index contributed by atoms with van der Waals surface area (Å²) in [4.78, 5) is 30.0. The number of oxazole rings is 1. The average Bonchev–Trinajstić information content (AvgIpc) is 3.24. The van der Waals surface area contributed by atoms with E-state index in [4.69, 9.17) is 9.15 Å². The van der Waals surface area contributed by atoms with Crippen LogP contribution in [0.15, 0.2) is 83.3 Å². The molecule has 0 saturated carbocycles. The predicted molar refractivity (Wildman–Crippen MR) is 133 cm³/mol. The summed E-state index contributed by atoms with van der Waals surface area (Å²) < 4.78 is 11.7. The molecule has 3 aromatic carbocycles. The van der Waals surface area contributed by atoms with Crippen molar-refractivity contribution in [3.63, 3.8) is 0 Å². The molecule has 0 atom stereocenters. The normalized spacial score (nSPS) is 10.7. The van der Waals surface area contributed by atoms with Gasteiger partial charge in [0.05, 0.1) is 24.4 Å². The Bertz CT molecular complexity index is 1310. The molecule has 0 saturated heterocycles. The Morgan fingerprint density at radius 1 is 0.971 bits per heavy atom. The van der Waals surface area contributed by atoms with Crippen LogP contribution in [-0.2, 0) is 17.8 Å². The summed E-state index contributed by atoms with van der Waals surface area (Å²) in [6.45, 7) is 3.93. The molecule has 35 heavy (non-hydrogen) atoms. The van der Waals surface area contributed by atoms with E-state index in [2.05, 4.69) is 4.98 Å². The van der Waals surface area contributed by atoms with Crippen LogP contribution in [0.5, 0.6) is 5.75 Å². The van der Waals surface area contributed by atoms with Gasteiger partial charge in [-0.3, -0.25) is 4.79 Å². The number of aryl methyl sites for hydroxylation is 1. The molecule has 0 fully saturated rings. The van der Waals surface area contributed by atoms with Gasteiger partial charge in [-0.25, -0.2) is 9.78 Å². The maximum absolute atomic E-state index is 12.3. The first-order chi connectivity index (χ1) is 16.9. The minimum Gasteiger partial charge on any atom is -0.493 e. The van der Waals surface area contributed by atoms with E-state index in [1.54, 1.807) is 42.5 Å². The highest BCUT2D eigenvalue weighted by molar-refractivity contribution is 5.93. The molecular weight excluding hydrogens is 444 g/mol. The van der Waals surface area contributed by atoms with Gasteiger partial charge in [0, 0.05) is 24.6 Å². The van der Waals surface area contributed by atoms with Gasteiger partial charge >= 0.3 is 5.97 Å². The second-order valence-corrected chi connectivity index (χ2v) is 8.05. The third-order valence-corrected chi connectivity index (χ3v) is 5.63. The molecule has 1 N–H and O–H groups in total. The Hall–Kier alpha value is -4.39. The molecule has 1 amide bonds. The van der Waals surface area contributed by atoms with Crippen molar-refractivity contribution < 1.29 is 23.8 Å². The zero-order valence-corrected chi connectivity index (χ0v) is 19.6. The van der Waals surface area contributed by atoms with Crippen molar-refractivity contribution in [2.24, 2.45) is 0 Å². The number of rotatable bonds is 9. The van der Waals surface area contributed by atoms with Crippen LogP contribution in [-0.4, -0.2) is 28.6 Å². The first kappa shape index (κ1) is 23.8. The lowest BCUT2D eigenvalue weighted by molar-refractivity contribution is -0.116. The number of aromatic nitrogens is 1. The van der Waals surface area contributed by atoms with Crippen molar-refractivity contribution in [3.8, 4) is 17.2 Å². The van der Waals surface area contributed by atoms with Crippen LogP contribution in [0.3, 0.4) is 0 Å². The summed E-state index contributed by atoms with van der Waals surface area (Å²) in [5.41, 5.74) is 3.18. The summed E-state index contributed by atoms with van der Waals surface area (Å²) in [7, 11) is 0. The Kier molecular flexibility index (Phi) is 7.26. The van der Waals surface area contributed by atoms with Gasteiger partial charge in [0.2, 0.25) is 11.8 Å². The summed E-state index contributed by atoms with van der Waals surface area (Å²) in [5, 5.41) is 9.44. The van der Waals surface area contributed by atoms with E-state index >= 15 is 0 Å². The van der Waals surface area contributed by atoms with Crippen molar-refractivity contribution in [1.82, 2.24) is 4.98 Å². The molecule has 4 rings (SSSR count). The fraction of sp³-hybridized carbons (Fsp3) is 0.179. The Labute approximate surface area is 203 Å². The number of nitrogens with zero attached hydrogens (tertiary/aromatic N) is 2. The number of benzene rings is 3. The molecular formula is C28H26N2O5. The van der Waals surface area contributed by atoms with E-state index in [1.165, 1.54) is 17.9 Å². The predicted octanol–water partition coefficient (Wildman–Crippen LogP) is 5.52. The van der Waals surface area contributed by atoms with E-state index in [-0.39, 0.29) is 18.0 Å². The number of carboxylic acids is 1. The highest BCUT2D eigenvalue weighted by Crippen LogP contribution is 2.24. The smallest absolute Gasteiger partial charge is 0.336 e. The van der Waals surface area contributed by atoms with Crippen molar-refractivity contribution in [2.45, 2.75) is 26.8 Å². The molecule has 0 unspecified atom stereocenters. The number of carboxylic acid groups (broad SMARTS) is 1. The lowest BCUT2D eigenvalue weighted by atomic mass is 10.1. The minimum absolute atomic E-state index is 0.160. The number of ether oxygens (including phenoxy) is 1. The number of aromatic carboxylic acids is 1. The molecule has 7 nitrogen and oxygen atoms in total. The van der Waals surface area contributed by atoms with Gasteiger partial charge in [-0.15, -0.1) is 0 Å². The highest BCUT2D eigenvalue weighted by atomic mass is 16.5. The molecule has 0 bridgehead atoms. The number of carbonyl (C=O) groups excluding carboxylic acids is 1. The van der Waals surface area contributed by atoms with Gasteiger partial charge in [0.1, 0.15) is 11.5 Å². The first-order valence-corrected chi connectivity index (χ1v) is 11.3. The van der Waals surface area contributed by atoms with E-state index in [1.807, 2.05) is 37.3 Å². The third-order valence-electron chi connectivity index (χ3n) is 5.63.